The SMILES string of the molecule is C=CCn1c(CC[C@H](O)COCCCCC)n[nH]c1=S. The number of allylic oxidation sites excluding steroid dienone is 1. The summed E-state index contributed by atoms with van der Waals surface area (Å²) < 4.78 is 7.92. The Bertz CT molecular complexity index is 442. The van der Waals surface area contributed by atoms with Gasteiger partial charge in [-0.15, -0.1) is 6.58 Å². The molecule has 1 atom stereocenters. The second-order valence-corrected chi connectivity index (χ2v) is 5.21. The molecule has 0 aliphatic carbocycles. The minimum atomic E-state index is -0.459. The summed E-state index contributed by atoms with van der Waals surface area (Å²) in [6.45, 7) is 7.60. The molecule has 0 saturated carbocycles. The van der Waals surface area contributed by atoms with Crippen LogP contribution in [0.2, 0.25) is 0 Å². The lowest BCUT2D eigenvalue weighted by Gasteiger charge is -2.11. The van der Waals surface area contributed by atoms with Gasteiger partial charge in [-0.05, 0) is 25.1 Å². The molecule has 2 N–H and O–H groups in total. The van der Waals surface area contributed by atoms with Crippen molar-refractivity contribution in [3.05, 3.63) is 23.3 Å². The van der Waals surface area contributed by atoms with Crippen LogP contribution in [0.5, 0.6) is 0 Å². The number of hydrogen-bond donors (Lipinski definition) is 2. The van der Waals surface area contributed by atoms with Crippen molar-refractivity contribution < 1.29 is 9.84 Å². The van der Waals surface area contributed by atoms with Gasteiger partial charge < -0.3 is 14.4 Å². The maximum atomic E-state index is 9.88. The molecule has 0 amide bonds. The molecule has 0 bridgehead atoms. The highest BCUT2D eigenvalue weighted by atomic mass is 32.1. The maximum Gasteiger partial charge on any atom is 0.195 e. The lowest BCUT2D eigenvalue weighted by atomic mass is 10.2. The van der Waals surface area contributed by atoms with Gasteiger partial charge in [-0.2, -0.15) is 5.10 Å². The summed E-state index contributed by atoms with van der Waals surface area (Å²) in [5.41, 5.74) is 0. The fraction of sp³-hybridized carbons (Fsp3) is 0.714. The Labute approximate surface area is 125 Å². The highest BCUT2D eigenvalue weighted by molar-refractivity contribution is 7.71. The molecule has 1 heterocycles. The summed E-state index contributed by atoms with van der Waals surface area (Å²) in [6.07, 6.45) is 6.01. The fourth-order valence-corrected chi connectivity index (χ4v) is 2.14. The zero-order chi connectivity index (χ0) is 14.8. The monoisotopic (exact) mass is 299 g/mol. The molecule has 6 heteroatoms. The Kier molecular flexibility index (Phi) is 8.41. The Morgan fingerprint density at radius 3 is 3.05 bits per heavy atom. The molecule has 114 valence electrons. The standard InChI is InChI=1S/C14H25N3O2S/c1-3-5-6-10-19-11-12(18)7-8-13-15-16-14(20)17(13)9-4-2/h4,12,18H,2-3,5-11H2,1H3,(H,16,20)/t12-/m0/s1. The molecule has 0 radical (unpaired) electrons. The second kappa shape index (κ2) is 9.85. The number of ether oxygens (including phenoxy) is 1. The Morgan fingerprint density at radius 1 is 1.55 bits per heavy atom. The quantitative estimate of drug-likeness (QED) is 0.374. The van der Waals surface area contributed by atoms with Crippen LogP contribution in [-0.2, 0) is 17.7 Å². The van der Waals surface area contributed by atoms with Crippen LogP contribution in [0.25, 0.3) is 0 Å². The number of rotatable bonds is 11. The van der Waals surface area contributed by atoms with Crippen molar-refractivity contribution in [1.82, 2.24) is 14.8 Å². The lowest BCUT2D eigenvalue weighted by molar-refractivity contribution is 0.0310. The van der Waals surface area contributed by atoms with Gasteiger partial charge in [0.05, 0.1) is 12.7 Å². The molecule has 0 unspecified atom stereocenters. The third-order valence-electron chi connectivity index (χ3n) is 3.05. The second-order valence-electron chi connectivity index (χ2n) is 4.82. The first kappa shape index (κ1) is 17.1. The molecule has 0 saturated heterocycles. The van der Waals surface area contributed by atoms with Gasteiger partial charge in [-0.25, -0.2) is 0 Å². The number of aromatic amines is 1. The van der Waals surface area contributed by atoms with E-state index in [0.717, 1.165) is 18.9 Å². The molecule has 1 aromatic heterocycles. The van der Waals surface area contributed by atoms with Crippen molar-refractivity contribution in [2.75, 3.05) is 13.2 Å². The van der Waals surface area contributed by atoms with Gasteiger partial charge in [0.2, 0.25) is 0 Å². The Morgan fingerprint density at radius 2 is 2.35 bits per heavy atom. The fourth-order valence-electron chi connectivity index (χ4n) is 1.91. The van der Waals surface area contributed by atoms with Gasteiger partial charge in [-0.3, -0.25) is 5.10 Å². The van der Waals surface area contributed by atoms with Gasteiger partial charge in [0, 0.05) is 19.6 Å². The minimum Gasteiger partial charge on any atom is -0.391 e. The number of nitrogens with zero attached hydrogens (tertiary/aromatic N) is 2. The summed E-state index contributed by atoms with van der Waals surface area (Å²) in [7, 11) is 0. The van der Waals surface area contributed by atoms with Crippen LogP contribution >= 0.6 is 12.2 Å². The molecule has 0 fully saturated rings. The van der Waals surface area contributed by atoms with E-state index in [9.17, 15) is 5.11 Å². The van der Waals surface area contributed by atoms with Crippen molar-refractivity contribution in [3.63, 3.8) is 0 Å². The summed E-state index contributed by atoms with van der Waals surface area (Å²) in [5, 5.41) is 16.8. The molecule has 0 aliphatic rings. The summed E-state index contributed by atoms with van der Waals surface area (Å²) in [5.74, 6) is 0.847. The molecule has 1 rings (SSSR count). The molecular formula is C14H25N3O2S. The van der Waals surface area contributed by atoms with E-state index in [1.165, 1.54) is 12.8 Å². The van der Waals surface area contributed by atoms with Crippen molar-refractivity contribution in [3.8, 4) is 0 Å². The van der Waals surface area contributed by atoms with Crippen LogP contribution in [-0.4, -0.2) is 39.2 Å². The summed E-state index contributed by atoms with van der Waals surface area (Å²) in [4.78, 5) is 0. The third kappa shape index (κ3) is 5.98. The molecule has 5 nitrogen and oxygen atoms in total. The number of nitrogens with one attached hydrogen (secondary N) is 1. The largest absolute Gasteiger partial charge is 0.391 e. The molecule has 0 aliphatic heterocycles. The van der Waals surface area contributed by atoms with Crippen LogP contribution in [0, 0.1) is 4.77 Å². The molecule has 0 aromatic carbocycles. The normalized spacial score (nSPS) is 12.5. The number of aromatic nitrogens is 3. The van der Waals surface area contributed by atoms with E-state index in [-0.39, 0.29) is 0 Å². The molecular weight excluding hydrogens is 274 g/mol. The first-order valence-corrected chi connectivity index (χ1v) is 7.60. The van der Waals surface area contributed by atoms with Crippen LogP contribution < -0.4 is 0 Å². The van der Waals surface area contributed by atoms with Crippen molar-refractivity contribution in [1.29, 1.82) is 0 Å². The number of hydrogen-bond acceptors (Lipinski definition) is 4. The van der Waals surface area contributed by atoms with Crippen molar-refractivity contribution in [2.24, 2.45) is 0 Å². The topological polar surface area (TPSA) is 63.1 Å². The van der Waals surface area contributed by atoms with E-state index in [0.29, 0.717) is 30.8 Å². The van der Waals surface area contributed by atoms with Gasteiger partial charge in [-0.1, -0.05) is 25.8 Å². The molecule has 20 heavy (non-hydrogen) atoms. The van der Waals surface area contributed by atoms with Crippen LogP contribution in [0.1, 0.15) is 38.4 Å². The predicted octanol–water partition coefficient (Wildman–Crippen LogP) is 2.63. The maximum absolute atomic E-state index is 9.88. The molecule has 0 spiro atoms. The number of aliphatic hydroxyl groups is 1. The van der Waals surface area contributed by atoms with E-state index < -0.39 is 6.10 Å². The number of aryl methyl sites for hydroxylation is 1. The smallest absolute Gasteiger partial charge is 0.195 e. The minimum absolute atomic E-state index is 0.385. The first-order chi connectivity index (χ1) is 9.69. The predicted molar refractivity (Wildman–Crippen MR) is 82.3 cm³/mol. The highest BCUT2D eigenvalue weighted by Crippen LogP contribution is 2.05. The number of H-pyrrole nitrogens is 1. The zero-order valence-corrected chi connectivity index (χ0v) is 13.0. The van der Waals surface area contributed by atoms with Gasteiger partial charge in [0.1, 0.15) is 5.82 Å². The van der Waals surface area contributed by atoms with E-state index in [1.54, 1.807) is 6.08 Å². The van der Waals surface area contributed by atoms with Crippen LogP contribution in [0.15, 0.2) is 12.7 Å². The summed E-state index contributed by atoms with van der Waals surface area (Å²) in [6, 6.07) is 0. The number of aliphatic hydroxyl groups excluding tert-OH is 1. The van der Waals surface area contributed by atoms with E-state index in [2.05, 4.69) is 23.7 Å². The zero-order valence-electron chi connectivity index (χ0n) is 12.2. The first-order valence-electron chi connectivity index (χ1n) is 7.19. The lowest BCUT2D eigenvalue weighted by Crippen LogP contribution is -2.17. The van der Waals surface area contributed by atoms with Crippen LogP contribution in [0.4, 0.5) is 0 Å². The van der Waals surface area contributed by atoms with Crippen LogP contribution in [0.3, 0.4) is 0 Å². The Balaban J connectivity index is 2.28. The van der Waals surface area contributed by atoms with E-state index >= 15 is 0 Å². The van der Waals surface area contributed by atoms with E-state index in [4.69, 9.17) is 17.0 Å². The van der Waals surface area contributed by atoms with Crippen molar-refractivity contribution in [2.45, 2.75) is 51.7 Å². The Hall–Kier alpha value is -0.980. The third-order valence-corrected chi connectivity index (χ3v) is 3.36. The number of unbranched alkanes of at least 4 members (excludes halogenated alkanes) is 2. The van der Waals surface area contributed by atoms with Gasteiger partial charge >= 0.3 is 0 Å². The summed E-state index contributed by atoms with van der Waals surface area (Å²) >= 11 is 5.14. The van der Waals surface area contributed by atoms with Gasteiger partial charge in [0.15, 0.2) is 4.77 Å². The van der Waals surface area contributed by atoms with E-state index in [1.807, 2.05) is 4.57 Å². The average molecular weight is 299 g/mol. The average Bonchev–Trinajstić information content (AvgIpc) is 2.78. The molecule has 1 aromatic rings. The van der Waals surface area contributed by atoms with Gasteiger partial charge in [0.25, 0.3) is 0 Å². The highest BCUT2D eigenvalue weighted by Gasteiger charge is 2.09. The van der Waals surface area contributed by atoms with Crippen molar-refractivity contribution >= 4 is 12.2 Å².